The van der Waals surface area contributed by atoms with Crippen LogP contribution in [0.1, 0.15) is 24.5 Å². The van der Waals surface area contributed by atoms with E-state index in [2.05, 4.69) is 10.3 Å². The highest BCUT2D eigenvalue weighted by Crippen LogP contribution is 2.12. The van der Waals surface area contributed by atoms with Crippen molar-refractivity contribution in [2.75, 3.05) is 13.2 Å². The second-order valence-electron chi connectivity index (χ2n) is 4.31. The first kappa shape index (κ1) is 11.6. The Morgan fingerprint density at radius 2 is 2.29 bits per heavy atom. The molecule has 0 saturated carbocycles. The van der Waals surface area contributed by atoms with Crippen molar-refractivity contribution in [3.05, 3.63) is 16.1 Å². The maximum Gasteiger partial charge on any atom is 0.107 e. The SMILES string of the molecule is Cc1csc(CNCC(C)(C)CO)n1. The van der Waals surface area contributed by atoms with Crippen LogP contribution in [-0.2, 0) is 6.54 Å². The molecule has 0 spiro atoms. The van der Waals surface area contributed by atoms with E-state index in [-0.39, 0.29) is 12.0 Å². The minimum atomic E-state index is -0.0493. The number of thiazole rings is 1. The van der Waals surface area contributed by atoms with Crippen LogP contribution in [0.25, 0.3) is 0 Å². The van der Waals surface area contributed by atoms with Crippen LogP contribution < -0.4 is 5.32 Å². The highest BCUT2D eigenvalue weighted by Gasteiger charge is 2.15. The molecule has 0 aliphatic heterocycles. The molecule has 14 heavy (non-hydrogen) atoms. The lowest BCUT2D eigenvalue weighted by Crippen LogP contribution is -2.31. The van der Waals surface area contributed by atoms with Gasteiger partial charge in [0.2, 0.25) is 0 Å². The maximum atomic E-state index is 9.04. The molecule has 0 aliphatic carbocycles. The molecule has 0 fully saturated rings. The van der Waals surface area contributed by atoms with Crippen molar-refractivity contribution in [3.63, 3.8) is 0 Å². The second kappa shape index (κ2) is 4.87. The number of aliphatic hydroxyl groups is 1. The van der Waals surface area contributed by atoms with Crippen molar-refractivity contribution in [1.82, 2.24) is 10.3 Å². The van der Waals surface area contributed by atoms with E-state index < -0.39 is 0 Å². The van der Waals surface area contributed by atoms with Crippen LogP contribution in [0.4, 0.5) is 0 Å². The summed E-state index contributed by atoms with van der Waals surface area (Å²) in [5.41, 5.74) is 1.03. The Hall–Kier alpha value is -0.450. The predicted octanol–water partition coefficient (Wildman–Crippen LogP) is 1.56. The molecule has 1 aromatic heterocycles. The zero-order valence-corrected chi connectivity index (χ0v) is 9.82. The number of nitrogens with one attached hydrogen (secondary N) is 1. The van der Waals surface area contributed by atoms with Crippen LogP contribution in [0.5, 0.6) is 0 Å². The number of aliphatic hydroxyl groups excluding tert-OH is 1. The van der Waals surface area contributed by atoms with Gasteiger partial charge in [0.15, 0.2) is 0 Å². The van der Waals surface area contributed by atoms with E-state index in [1.165, 1.54) is 0 Å². The van der Waals surface area contributed by atoms with E-state index in [0.29, 0.717) is 0 Å². The third-order valence-corrected chi connectivity index (χ3v) is 2.94. The number of aryl methyl sites for hydroxylation is 1. The van der Waals surface area contributed by atoms with Crippen molar-refractivity contribution in [3.8, 4) is 0 Å². The fourth-order valence-corrected chi connectivity index (χ4v) is 1.79. The number of rotatable bonds is 5. The summed E-state index contributed by atoms with van der Waals surface area (Å²) in [4.78, 5) is 4.35. The lowest BCUT2D eigenvalue weighted by atomic mass is 9.95. The highest BCUT2D eigenvalue weighted by molar-refractivity contribution is 7.09. The molecule has 1 rings (SSSR count). The van der Waals surface area contributed by atoms with Crippen LogP contribution in [0, 0.1) is 12.3 Å². The van der Waals surface area contributed by atoms with Crippen LogP contribution >= 0.6 is 11.3 Å². The molecule has 0 saturated heterocycles. The third-order valence-electron chi connectivity index (χ3n) is 1.97. The van der Waals surface area contributed by atoms with Gasteiger partial charge in [-0.05, 0) is 6.92 Å². The molecule has 0 amide bonds. The summed E-state index contributed by atoms with van der Waals surface area (Å²) >= 11 is 1.67. The zero-order chi connectivity index (χ0) is 10.6. The first-order valence-corrected chi connectivity index (χ1v) is 5.64. The molecule has 1 heterocycles. The van der Waals surface area contributed by atoms with E-state index >= 15 is 0 Å². The van der Waals surface area contributed by atoms with E-state index in [1.807, 2.05) is 26.2 Å². The largest absolute Gasteiger partial charge is 0.396 e. The van der Waals surface area contributed by atoms with Gasteiger partial charge in [0.05, 0.1) is 0 Å². The molecule has 0 radical (unpaired) electrons. The molecular weight excluding hydrogens is 196 g/mol. The second-order valence-corrected chi connectivity index (χ2v) is 5.25. The number of hydrogen-bond acceptors (Lipinski definition) is 4. The standard InChI is InChI=1S/C10H18N2OS/c1-8-5-14-9(12-8)4-11-6-10(2,3)7-13/h5,11,13H,4,6-7H2,1-3H3. The summed E-state index contributed by atoms with van der Waals surface area (Å²) in [6.45, 7) is 7.87. The number of hydrogen-bond donors (Lipinski definition) is 2. The van der Waals surface area contributed by atoms with Crippen LogP contribution in [-0.4, -0.2) is 23.2 Å². The normalized spacial score (nSPS) is 12.0. The molecule has 0 unspecified atom stereocenters. The quantitative estimate of drug-likeness (QED) is 0.782. The smallest absolute Gasteiger partial charge is 0.107 e. The van der Waals surface area contributed by atoms with E-state index in [0.717, 1.165) is 23.8 Å². The van der Waals surface area contributed by atoms with E-state index in [4.69, 9.17) is 5.11 Å². The van der Waals surface area contributed by atoms with E-state index in [1.54, 1.807) is 11.3 Å². The van der Waals surface area contributed by atoms with Gasteiger partial charge in [-0.1, -0.05) is 13.8 Å². The summed E-state index contributed by atoms with van der Waals surface area (Å²) in [6.07, 6.45) is 0. The van der Waals surface area contributed by atoms with Gasteiger partial charge in [-0.25, -0.2) is 4.98 Å². The van der Waals surface area contributed by atoms with Crippen LogP contribution in [0.15, 0.2) is 5.38 Å². The van der Waals surface area contributed by atoms with Gasteiger partial charge in [-0.2, -0.15) is 0 Å². The Kier molecular flexibility index (Phi) is 4.04. The maximum absolute atomic E-state index is 9.04. The highest BCUT2D eigenvalue weighted by atomic mass is 32.1. The summed E-state index contributed by atoms with van der Waals surface area (Å²) in [5, 5.41) is 15.5. The average molecular weight is 214 g/mol. The molecule has 0 bridgehead atoms. The Bertz CT molecular complexity index is 283. The lowest BCUT2D eigenvalue weighted by molar-refractivity contribution is 0.156. The minimum absolute atomic E-state index is 0.0493. The van der Waals surface area contributed by atoms with Crippen molar-refractivity contribution in [2.45, 2.75) is 27.3 Å². The Balaban J connectivity index is 2.28. The van der Waals surface area contributed by atoms with Crippen LogP contribution in [0.3, 0.4) is 0 Å². The Morgan fingerprint density at radius 3 is 2.79 bits per heavy atom. The van der Waals surface area contributed by atoms with Crippen LogP contribution in [0.2, 0.25) is 0 Å². The first-order chi connectivity index (χ1) is 6.53. The summed E-state index contributed by atoms with van der Waals surface area (Å²) in [7, 11) is 0. The Labute approximate surface area is 89.2 Å². The molecule has 1 aromatic rings. The van der Waals surface area contributed by atoms with Crippen molar-refractivity contribution < 1.29 is 5.11 Å². The monoisotopic (exact) mass is 214 g/mol. The van der Waals surface area contributed by atoms with Gasteiger partial charge in [-0.3, -0.25) is 0 Å². The predicted molar refractivity (Wildman–Crippen MR) is 59.4 cm³/mol. The lowest BCUT2D eigenvalue weighted by Gasteiger charge is -2.21. The van der Waals surface area contributed by atoms with Gasteiger partial charge < -0.3 is 10.4 Å². The van der Waals surface area contributed by atoms with Gasteiger partial charge in [0.25, 0.3) is 0 Å². The summed E-state index contributed by atoms with van der Waals surface area (Å²) in [6, 6.07) is 0. The zero-order valence-electron chi connectivity index (χ0n) is 9.00. The van der Waals surface area contributed by atoms with Gasteiger partial charge in [0, 0.05) is 36.2 Å². The Morgan fingerprint density at radius 1 is 1.57 bits per heavy atom. The molecule has 0 aromatic carbocycles. The number of aromatic nitrogens is 1. The molecule has 3 nitrogen and oxygen atoms in total. The first-order valence-electron chi connectivity index (χ1n) is 4.76. The molecule has 2 N–H and O–H groups in total. The molecule has 0 aliphatic rings. The van der Waals surface area contributed by atoms with Gasteiger partial charge >= 0.3 is 0 Å². The third kappa shape index (κ3) is 3.74. The molecule has 80 valence electrons. The molecular formula is C10H18N2OS. The van der Waals surface area contributed by atoms with Gasteiger partial charge in [0.1, 0.15) is 5.01 Å². The number of nitrogens with zero attached hydrogens (tertiary/aromatic N) is 1. The minimum Gasteiger partial charge on any atom is -0.396 e. The summed E-state index contributed by atoms with van der Waals surface area (Å²) < 4.78 is 0. The van der Waals surface area contributed by atoms with E-state index in [9.17, 15) is 0 Å². The van der Waals surface area contributed by atoms with Crippen molar-refractivity contribution in [2.24, 2.45) is 5.41 Å². The average Bonchev–Trinajstić information content (AvgIpc) is 2.51. The topological polar surface area (TPSA) is 45.1 Å². The van der Waals surface area contributed by atoms with Gasteiger partial charge in [-0.15, -0.1) is 11.3 Å². The fraction of sp³-hybridized carbons (Fsp3) is 0.700. The fourth-order valence-electron chi connectivity index (χ4n) is 1.05. The molecule has 0 atom stereocenters. The summed E-state index contributed by atoms with van der Waals surface area (Å²) in [5.74, 6) is 0. The van der Waals surface area contributed by atoms with Crippen molar-refractivity contribution in [1.29, 1.82) is 0 Å². The van der Waals surface area contributed by atoms with Crippen molar-refractivity contribution >= 4 is 11.3 Å². The molecule has 4 heteroatoms.